The molecule has 0 unspecified atom stereocenters. The topological polar surface area (TPSA) is 882 Å². The van der Waals surface area contributed by atoms with E-state index in [1.165, 1.54) is 0 Å². The number of hydrogen-bond donors (Lipinski definition) is 33. The highest BCUT2D eigenvalue weighted by Gasteiger charge is 2.65. The Bertz CT molecular complexity index is 3010. The molecule has 9 saturated heterocycles. The second-order valence-electron chi connectivity index (χ2n) is 28.2. The molecule has 0 saturated carbocycles. The van der Waals surface area contributed by atoms with E-state index in [9.17, 15) is 178 Å². The maximum atomic E-state index is 13.3. The van der Waals surface area contributed by atoms with Gasteiger partial charge in [0.1, 0.15) is 208 Å². The molecular formula is C60H99NO52. The minimum Gasteiger partial charge on any atom is -0.479 e. The zero-order valence-corrected chi connectivity index (χ0v) is 58.6. The Morgan fingerprint density at radius 2 is 0.779 bits per heavy atom. The molecule has 9 heterocycles. The molecule has 0 amide bonds. The van der Waals surface area contributed by atoms with E-state index in [1.807, 2.05) is 0 Å². The summed E-state index contributed by atoms with van der Waals surface area (Å²) in [4.78, 5) is 39.2. The third-order valence-corrected chi connectivity index (χ3v) is 20.7. The van der Waals surface area contributed by atoms with Crippen molar-refractivity contribution in [2.75, 3.05) is 52.9 Å². The van der Waals surface area contributed by atoms with E-state index < -0.39 is 371 Å². The van der Waals surface area contributed by atoms with Crippen LogP contribution >= 0.6 is 0 Å². The van der Waals surface area contributed by atoms with E-state index >= 15 is 0 Å². The summed E-state index contributed by atoms with van der Waals surface area (Å²) in [6, 6.07) is -2.01. The number of aliphatic carboxylic acids is 3. The van der Waals surface area contributed by atoms with Gasteiger partial charge in [-0.3, -0.25) is 0 Å². The minimum atomic E-state index is -3.66. The van der Waals surface area contributed by atoms with Crippen LogP contribution in [0.1, 0.15) is 12.8 Å². The van der Waals surface area contributed by atoms with Gasteiger partial charge in [0.25, 0.3) is 11.6 Å². The van der Waals surface area contributed by atoms with Crippen molar-refractivity contribution in [3.05, 3.63) is 0 Å². The fourth-order valence-electron chi connectivity index (χ4n) is 14.2. The zero-order chi connectivity index (χ0) is 83.8. The monoisotopic (exact) mass is 1670 g/mol. The Kier molecular flexibility index (Phi) is 32.2. The summed E-state index contributed by atoms with van der Waals surface area (Å²) >= 11 is 0. The van der Waals surface area contributed by atoms with Crippen LogP contribution in [0.2, 0.25) is 0 Å². The fraction of sp³-hybridized carbons (Fsp3) is 0.950. The first-order valence-electron chi connectivity index (χ1n) is 35.0. The fourth-order valence-corrected chi connectivity index (χ4v) is 14.2. The van der Waals surface area contributed by atoms with Crippen LogP contribution in [-0.2, 0) is 94.9 Å². The van der Waals surface area contributed by atoms with Crippen LogP contribution in [0.5, 0.6) is 0 Å². The highest BCUT2D eigenvalue weighted by molar-refractivity contribution is 5.77. The first-order valence-corrected chi connectivity index (χ1v) is 35.0. The molecule has 53 heteroatoms. The molecule has 0 aliphatic carbocycles. The number of rotatable bonds is 31. The highest BCUT2D eigenvalue weighted by atomic mass is 16.8. The molecule has 9 aliphatic heterocycles. The van der Waals surface area contributed by atoms with E-state index in [2.05, 4.69) is 0 Å². The third-order valence-electron chi connectivity index (χ3n) is 20.7. The van der Waals surface area contributed by atoms with Crippen LogP contribution < -0.4 is 5.73 Å². The van der Waals surface area contributed by atoms with Crippen molar-refractivity contribution >= 4 is 17.9 Å². The normalized spacial score (nSPS) is 49.9. The van der Waals surface area contributed by atoms with Crippen LogP contribution in [0.25, 0.3) is 0 Å². The molecule has 0 bridgehead atoms. The molecule has 113 heavy (non-hydrogen) atoms. The lowest BCUT2D eigenvalue weighted by Gasteiger charge is -2.53. The van der Waals surface area contributed by atoms with E-state index in [4.69, 9.17) is 86.3 Å². The van der Waals surface area contributed by atoms with Crippen LogP contribution in [0.3, 0.4) is 0 Å². The van der Waals surface area contributed by atoms with E-state index in [0.717, 1.165) is 0 Å². The number of carboxylic acids is 3. The van der Waals surface area contributed by atoms with Gasteiger partial charge in [-0.2, -0.15) is 0 Å². The van der Waals surface area contributed by atoms with Crippen molar-refractivity contribution in [2.45, 2.75) is 300 Å². The Morgan fingerprint density at radius 3 is 1.31 bits per heavy atom. The molecule has 0 aromatic heterocycles. The molecular weight excluding hydrogens is 1570 g/mol. The number of aliphatic hydroxyl groups excluding tert-OH is 28. The van der Waals surface area contributed by atoms with Crippen LogP contribution in [0.4, 0.5) is 0 Å². The Morgan fingerprint density at radius 1 is 0.363 bits per heavy atom. The number of carboxylic acid groups (broad SMARTS) is 3. The van der Waals surface area contributed by atoms with Crippen molar-refractivity contribution in [1.82, 2.24) is 0 Å². The molecule has 0 aromatic rings. The molecule has 656 valence electrons. The Labute approximate surface area is 633 Å². The molecule has 0 radical (unpaired) electrons. The second kappa shape index (κ2) is 38.9. The number of hydrogen-bond acceptors (Lipinski definition) is 50. The first-order chi connectivity index (χ1) is 53.1. The maximum Gasteiger partial charge on any atom is 0.364 e. The summed E-state index contributed by atoms with van der Waals surface area (Å²) in [5, 5.41) is 349. The van der Waals surface area contributed by atoms with Crippen molar-refractivity contribution < 1.29 is 258 Å². The summed E-state index contributed by atoms with van der Waals surface area (Å²) in [5.74, 6) is -13.9. The molecule has 53 nitrogen and oxygen atoms in total. The molecule has 34 N–H and O–H groups in total. The molecule has 0 aromatic carbocycles. The summed E-state index contributed by atoms with van der Waals surface area (Å²) in [7, 11) is 0. The van der Waals surface area contributed by atoms with Crippen molar-refractivity contribution in [1.29, 1.82) is 0 Å². The average molecular weight is 1670 g/mol. The van der Waals surface area contributed by atoms with Gasteiger partial charge in [0.05, 0.1) is 71.1 Å². The molecule has 47 atom stereocenters. The second-order valence-corrected chi connectivity index (χ2v) is 28.2. The quantitative estimate of drug-likeness (QED) is 0.0306. The summed E-state index contributed by atoms with van der Waals surface area (Å²) in [6.45, 7) is -9.81. The van der Waals surface area contributed by atoms with E-state index in [0.29, 0.717) is 0 Å². The van der Waals surface area contributed by atoms with Crippen LogP contribution in [0.15, 0.2) is 0 Å². The first kappa shape index (κ1) is 93.4. The summed E-state index contributed by atoms with van der Waals surface area (Å²) in [6.07, 6.45) is -106. The van der Waals surface area contributed by atoms with Gasteiger partial charge in [0.2, 0.25) is 0 Å². The smallest absolute Gasteiger partial charge is 0.364 e. The standard InChI is InChI=1S/C60H99NO52/c61-21-26(78)42(104-53-33(85)29(81)25(77)20(101-53)10-97-51-31(83)27(79)23(75)17(7-66)98-51)19(9-68)100-50(21)107-45-30(82)34(86)54(110-48(45)49(90)91)106-44-35(87)38(12(70)3-62)102-55(36(44)88)108-46-37(89)56(103-40(14(72)5-64)47(46)109-52-32(84)28(80)24(76)18(8-67)99-52)105-43-16(2-59(96,57(92)93)112-41(43)15(73)6-65)111-60(58(94)95)1-11(69)22(74)39(113-60)13(71)4-63/h11-48,50-56,62-89,96H,1-10,61H2,(H,90,91)(H,92,93)(H,94,95)/t11-,12+,13-,14+,15-,16-,17-,18-,19-,20-,21-,22-,23-,24-,25-,26-,27+,28+,29+,30-,31-,32-,33-,34-,35-,36+,37+,38-,39-,40-,41-,42-,43-,44+,45-,46-,47-,48+,50-,51-,52+,53+,54+,55-,56-,59-,60-/m1/s1. The van der Waals surface area contributed by atoms with Crippen molar-refractivity contribution in [2.24, 2.45) is 5.73 Å². The lowest BCUT2D eigenvalue weighted by atomic mass is 9.89. The van der Waals surface area contributed by atoms with Crippen LogP contribution in [0, 0.1) is 0 Å². The maximum absolute atomic E-state index is 13.3. The van der Waals surface area contributed by atoms with Gasteiger partial charge in [-0.05, 0) is 0 Å². The predicted molar refractivity (Wildman–Crippen MR) is 334 cm³/mol. The third kappa shape index (κ3) is 19.3. The lowest BCUT2D eigenvalue weighted by Crippen LogP contribution is -2.71. The van der Waals surface area contributed by atoms with Crippen molar-refractivity contribution in [3.8, 4) is 0 Å². The van der Waals surface area contributed by atoms with Gasteiger partial charge in [0.15, 0.2) is 50.1 Å². The van der Waals surface area contributed by atoms with Gasteiger partial charge >= 0.3 is 17.9 Å². The Balaban J connectivity index is 0.993. The van der Waals surface area contributed by atoms with Gasteiger partial charge in [0, 0.05) is 12.8 Å². The van der Waals surface area contributed by atoms with E-state index in [-0.39, 0.29) is 0 Å². The summed E-state index contributed by atoms with van der Waals surface area (Å²) in [5.41, 5.74) is 6.30. The molecule has 0 spiro atoms. The van der Waals surface area contributed by atoms with Gasteiger partial charge in [-0.15, -0.1) is 0 Å². The van der Waals surface area contributed by atoms with Gasteiger partial charge in [-0.25, -0.2) is 14.4 Å². The molecule has 9 rings (SSSR count). The Hall–Kier alpha value is -3.47. The van der Waals surface area contributed by atoms with Gasteiger partial charge in [-0.1, -0.05) is 0 Å². The average Bonchev–Trinajstić information content (AvgIpc) is 0.747. The number of carbonyl (C=O) groups is 3. The largest absolute Gasteiger partial charge is 0.479 e. The number of ether oxygens (including phenoxy) is 17. The molecule has 9 aliphatic rings. The zero-order valence-electron chi connectivity index (χ0n) is 58.6. The predicted octanol–water partition coefficient (Wildman–Crippen LogP) is -22.2. The van der Waals surface area contributed by atoms with Crippen molar-refractivity contribution in [3.63, 3.8) is 0 Å². The number of aliphatic hydroxyl groups is 29. The van der Waals surface area contributed by atoms with Crippen LogP contribution in [-0.4, -0.2) is 522 Å². The highest BCUT2D eigenvalue weighted by Crippen LogP contribution is 2.44. The van der Waals surface area contributed by atoms with Gasteiger partial charge < -0.3 is 250 Å². The van der Waals surface area contributed by atoms with E-state index in [1.54, 1.807) is 0 Å². The minimum absolute atomic E-state index is 0.862. The summed E-state index contributed by atoms with van der Waals surface area (Å²) < 4.78 is 96.5. The molecule has 9 fully saturated rings. The lowest BCUT2D eigenvalue weighted by molar-refractivity contribution is -0.416. The number of nitrogens with two attached hydrogens (primary N) is 1. The SMILES string of the molecule is N[C@H]1[C@@H](O[C@@H]2[C@H](O)[C@@H](O)[C@@H](O[C@@H]3[C@H](O)[C@@H](O[C@@H]4[C@H](O)[C@@H](O[C@H]5[C@@H]([C@H](O)CO)O[C@@](O)(C(=O)O)C[C@H]5O[C@]5(C(=O)O)C[C@@H](O)[C@@H](O)[C@@H]([C@H](O)CO)O5)O[C@H]([C@@H](O)CO)[C@H]4O[C@@H]4O[C@H](CO)[C@@H](O)[C@H](O)[C@H]4O)O[C@H]([C@@H](O)CO)[C@H]3O)O[C@@H]2C(=O)O)O[C@H](CO)[C@@H](O[C@@H]2O[C@H](CO[C@@H]3O[C@H](CO)[C@@H](O)[C@H](O)[C@H]3O)[C@@H](O)[C@H](O)[C@H]2O)[C@@H]1O.